The maximum absolute atomic E-state index is 13.0. The third-order valence-corrected chi connectivity index (χ3v) is 2.74. The summed E-state index contributed by atoms with van der Waals surface area (Å²) in [5.41, 5.74) is 2.32. The lowest BCUT2D eigenvalue weighted by Crippen LogP contribution is -2.35. The minimum absolute atomic E-state index is 0.148. The van der Waals surface area contributed by atoms with Crippen molar-refractivity contribution >= 4 is 0 Å². The predicted octanol–water partition coefficient (Wildman–Crippen LogP) is 1.53. The Kier molecular flexibility index (Phi) is 2.52. The van der Waals surface area contributed by atoms with E-state index in [1.54, 1.807) is 12.1 Å². The molecule has 2 rings (SSSR count). The molecule has 0 saturated carbocycles. The highest BCUT2D eigenvalue weighted by molar-refractivity contribution is 5.32. The fraction of sp³-hybridized carbons (Fsp3) is 0.455. The molecular weight excluding hydrogens is 179 g/mol. The molecular formula is C11H15FN2. The standard InChI is InChI=1S/C11H15FN2/c1-14(2)11-7-13-6-8-5-9(12)3-4-10(8)11/h3-5,11,13H,6-7H2,1-2H3/t11-/m1/s1. The first-order valence-electron chi connectivity index (χ1n) is 4.84. The summed E-state index contributed by atoms with van der Waals surface area (Å²) in [5.74, 6) is -0.148. The Morgan fingerprint density at radius 3 is 2.93 bits per heavy atom. The van der Waals surface area contributed by atoms with Gasteiger partial charge in [-0.2, -0.15) is 0 Å². The van der Waals surface area contributed by atoms with Crippen molar-refractivity contribution in [2.24, 2.45) is 0 Å². The van der Waals surface area contributed by atoms with Gasteiger partial charge in [-0.05, 0) is 37.4 Å². The van der Waals surface area contributed by atoms with Gasteiger partial charge in [0.1, 0.15) is 5.82 Å². The minimum atomic E-state index is -0.148. The molecule has 1 aromatic carbocycles. The van der Waals surface area contributed by atoms with Crippen LogP contribution >= 0.6 is 0 Å². The average Bonchev–Trinajstić information content (AvgIpc) is 2.16. The van der Waals surface area contributed by atoms with Crippen LogP contribution in [-0.4, -0.2) is 25.5 Å². The van der Waals surface area contributed by atoms with Crippen LogP contribution in [0.2, 0.25) is 0 Å². The summed E-state index contributed by atoms with van der Waals surface area (Å²) in [6.07, 6.45) is 0. The number of fused-ring (bicyclic) bond motifs is 1. The van der Waals surface area contributed by atoms with Gasteiger partial charge in [0.05, 0.1) is 0 Å². The minimum Gasteiger partial charge on any atom is -0.311 e. The van der Waals surface area contributed by atoms with Crippen LogP contribution in [0.5, 0.6) is 0 Å². The number of benzene rings is 1. The van der Waals surface area contributed by atoms with E-state index in [0.717, 1.165) is 18.7 Å². The lowest BCUT2D eigenvalue weighted by Gasteiger charge is -2.31. The van der Waals surface area contributed by atoms with Gasteiger partial charge >= 0.3 is 0 Å². The molecule has 0 spiro atoms. The molecule has 0 bridgehead atoms. The zero-order valence-electron chi connectivity index (χ0n) is 8.55. The van der Waals surface area contributed by atoms with Crippen molar-refractivity contribution in [3.63, 3.8) is 0 Å². The van der Waals surface area contributed by atoms with Crippen LogP contribution in [0.3, 0.4) is 0 Å². The van der Waals surface area contributed by atoms with Gasteiger partial charge in [0.25, 0.3) is 0 Å². The molecule has 1 heterocycles. The van der Waals surface area contributed by atoms with E-state index in [4.69, 9.17) is 0 Å². The largest absolute Gasteiger partial charge is 0.311 e. The first kappa shape index (κ1) is 9.62. The predicted molar refractivity (Wildman–Crippen MR) is 54.5 cm³/mol. The third kappa shape index (κ3) is 1.65. The number of hydrogen-bond donors (Lipinski definition) is 1. The number of nitrogens with one attached hydrogen (secondary N) is 1. The zero-order chi connectivity index (χ0) is 10.1. The monoisotopic (exact) mass is 194 g/mol. The second-order valence-electron chi connectivity index (χ2n) is 3.95. The van der Waals surface area contributed by atoms with Crippen molar-refractivity contribution in [2.45, 2.75) is 12.6 Å². The van der Waals surface area contributed by atoms with Crippen LogP contribution in [0.25, 0.3) is 0 Å². The van der Waals surface area contributed by atoms with Crippen molar-refractivity contribution in [1.82, 2.24) is 10.2 Å². The van der Waals surface area contributed by atoms with Gasteiger partial charge < -0.3 is 10.2 Å². The fourth-order valence-electron chi connectivity index (χ4n) is 1.97. The van der Waals surface area contributed by atoms with E-state index in [0.29, 0.717) is 6.04 Å². The molecule has 0 unspecified atom stereocenters. The van der Waals surface area contributed by atoms with E-state index >= 15 is 0 Å². The Hall–Kier alpha value is -0.930. The van der Waals surface area contributed by atoms with Crippen LogP contribution in [0.1, 0.15) is 17.2 Å². The van der Waals surface area contributed by atoms with Crippen molar-refractivity contribution in [3.8, 4) is 0 Å². The van der Waals surface area contributed by atoms with E-state index in [2.05, 4.69) is 10.2 Å². The van der Waals surface area contributed by atoms with Gasteiger partial charge in [-0.15, -0.1) is 0 Å². The van der Waals surface area contributed by atoms with Gasteiger partial charge in [0.2, 0.25) is 0 Å². The lowest BCUT2D eigenvalue weighted by atomic mass is 9.96. The maximum atomic E-state index is 13.0. The van der Waals surface area contributed by atoms with Gasteiger partial charge in [-0.1, -0.05) is 6.07 Å². The SMILES string of the molecule is CN(C)[C@@H]1CNCc2cc(F)ccc21. The molecule has 0 saturated heterocycles. The molecule has 0 radical (unpaired) electrons. The van der Waals surface area contributed by atoms with E-state index < -0.39 is 0 Å². The molecule has 1 atom stereocenters. The number of nitrogens with zero attached hydrogens (tertiary/aromatic N) is 1. The topological polar surface area (TPSA) is 15.3 Å². The van der Waals surface area contributed by atoms with Crippen molar-refractivity contribution in [2.75, 3.05) is 20.6 Å². The van der Waals surface area contributed by atoms with Gasteiger partial charge in [-0.25, -0.2) is 4.39 Å². The zero-order valence-corrected chi connectivity index (χ0v) is 8.55. The van der Waals surface area contributed by atoms with Crippen LogP contribution < -0.4 is 5.32 Å². The quantitative estimate of drug-likeness (QED) is 0.729. The van der Waals surface area contributed by atoms with Crippen LogP contribution in [-0.2, 0) is 6.54 Å². The summed E-state index contributed by atoms with van der Waals surface area (Å²) in [6.45, 7) is 1.71. The molecule has 1 aliphatic heterocycles. The molecule has 0 amide bonds. The fourth-order valence-corrected chi connectivity index (χ4v) is 1.97. The summed E-state index contributed by atoms with van der Waals surface area (Å²) in [6, 6.07) is 5.42. The Balaban J connectivity index is 2.40. The molecule has 1 aromatic rings. The highest BCUT2D eigenvalue weighted by Gasteiger charge is 2.21. The first-order chi connectivity index (χ1) is 6.68. The summed E-state index contributed by atoms with van der Waals surface area (Å²) < 4.78 is 13.0. The third-order valence-electron chi connectivity index (χ3n) is 2.74. The second-order valence-corrected chi connectivity index (χ2v) is 3.95. The maximum Gasteiger partial charge on any atom is 0.123 e. The number of likely N-dealkylation sites (N-methyl/N-ethyl adjacent to an activating group) is 1. The number of rotatable bonds is 1. The van der Waals surface area contributed by atoms with Crippen molar-refractivity contribution < 1.29 is 4.39 Å². The molecule has 0 aliphatic carbocycles. The molecule has 1 aliphatic rings. The molecule has 14 heavy (non-hydrogen) atoms. The van der Waals surface area contributed by atoms with Crippen LogP contribution in [0, 0.1) is 5.82 Å². The molecule has 2 nitrogen and oxygen atoms in total. The highest BCUT2D eigenvalue weighted by Crippen LogP contribution is 2.25. The van der Waals surface area contributed by atoms with E-state index in [1.165, 1.54) is 5.56 Å². The summed E-state index contributed by atoms with van der Waals surface area (Å²) >= 11 is 0. The van der Waals surface area contributed by atoms with Gasteiger partial charge in [0.15, 0.2) is 0 Å². The Morgan fingerprint density at radius 2 is 2.21 bits per heavy atom. The lowest BCUT2D eigenvalue weighted by molar-refractivity contribution is 0.275. The van der Waals surface area contributed by atoms with E-state index in [-0.39, 0.29) is 5.82 Å². The Labute approximate surface area is 83.7 Å². The average molecular weight is 194 g/mol. The first-order valence-corrected chi connectivity index (χ1v) is 4.84. The Bertz CT molecular complexity index is 336. The number of halogens is 1. The summed E-state index contributed by atoms with van der Waals surface area (Å²) in [7, 11) is 4.09. The number of hydrogen-bond acceptors (Lipinski definition) is 2. The van der Waals surface area contributed by atoms with E-state index in [1.807, 2.05) is 20.2 Å². The normalized spacial score (nSPS) is 21.0. The molecule has 1 N–H and O–H groups in total. The van der Waals surface area contributed by atoms with E-state index in [9.17, 15) is 4.39 Å². The van der Waals surface area contributed by atoms with Crippen molar-refractivity contribution in [1.29, 1.82) is 0 Å². The smallest absolute Gasteiger partial charge is 0.123 e. The Morgan fingerprint density at radius 1 is 1.43 bits per heavy atom. The summed E-state index contributed by atoms with van der Waals surface area (Å²) in [5, 5.41) is 3.29. The van der Waals surface area contributed by atoms with Crippen LogP contribution in [0.4, 0.5) is 4.39 Å². The molecule has 76 valence electrons. The molecule has 0 fully saturated rings. The van der Waals surface area contributed by atoms with Crippen LogP contribution in [0.15, 0.2) is 18.2 Å². The van der Waals surface area contributed by atoms with Crippen molar-refractivity contribution in [3.05, 3.63) is 35.1 Å². The molecule has 0 aromatic heterocycles. The second kappa shape index (κ2) is 3.67. The highest BCUT2D eigenvalue weighted by atomic mass is 19.1. The molecule has 3 heteroatoms. The van der Waals surface area contributed by atoms with Gasteiger partial charge in [0, 0.05) is 19.1 Å². The van der Waals surface area contributed by atoms with Gasteiger partial charge in [-0.3, -0.25) is 0 Å². The summed E-state index contributed by atoms with van der Waals surface area (Å²) in [4.78, 5) is 2.16.